The summed E-state index contributed by atoms with van der Waals surface area (Å²) in [6, 6.07) is -0.803. The predicted molar refractivity (Wildman–Crippen MR) is 77.4 cm³/mol. The standard InChI is InChI=1S/C14H24N2O6/c1-14(2,3)22-13(20)15-10(9-12(18)19)8-11(17)16-4-6-21-7-5-16/h10H,4-9H2,1-3H3,(H,15,20)(H,18,19)/t10-/m1/s1. The van der Waals surface area contributed by atoms with Gasteiger partial charge in [0.1, 0.15) is 5.60 Å². The van der Waals surface area contributed by atoms with Gasteiger partial charge in [-0.3, -0.25) is 9.59 Å². The summed E-state index contributed by atoms with van der Waals surface area (Å²) < 4.78 is 10.3. The fourth-order valence-electron chi connectivity index (χ4n) is 2.01. The second-order valence-electron chi connectivity index (χ2n) is 6.14. The van der Waals surface area contributed by atoms with Crippen molar-refractivity contribution in [3.05, 3.63) is 0 Å². The minimum Gasteiger partial charge on any atom is -0.481 e. The zero-order valence-corrected chi connectivity index (χ0v) is 13.3. The van der Waals surface area contributed by atoms with Crippen LogP contribution in [-0.2, 0) is 19.1 Å². The van der Waals surface area contributed by atoms with Gasteiger partial charge in [-0.15, -0.1) is 0 Å². The number of carbonyl (C=O) groups excluding carboxylic acids is 2. The molecule has 1 fully saturated rings. The number of amides is 2. The van der Waals surface area contributed by atoms with E-state index in [1.165, 1.54) is 0 Å². The fourth-order valence-corrected chi connectivity index (χ4v) is 2.01. The normalized spacial score (nSPS) is 16.8. The maximum absolute atomic E-state index is 12.1. The molecule has 0 spiro atoms. The van der Waals surface area contributed by atoms with E-state index in [-0.39, 0.29) is 18.7 Å². The van der Waals surface area contributed by atoms with Gasteiger partial charge in [-0.1, -0.05) is 0 Å². The molecular weight excluding hydrogens is 292 g/mol. The van der Waals surface area contributed by atoms with Crippen molar-refractivity contribution in [3.8, 4) is 0 Å². The number of morpholine rings is 1. The molecule has 0 radical (unpaired) electrons. The first-order valence-electron chi connectivity index (χ1n) is 7.24. The average molecular weight is 316 g/mol. The molecule has 0 unspecified atom stereocenters. The van der Waals surface area contributed by atoms with E-state index < -0.39 is 23.7 Å². The molecule has 0 bridgehead atoms. The molecule has 2 N–H and O–H groups in total. The zero-order valence-electron chi connectivity index (χ0n) is 13.3. The van der Waals surface area contributed by atoms with Crippen LogP contribution in [0.15, 0.2) is 0 Å². The molecule has 0 saturated carbocycles. The smallest absolute Gasteiger partial charge is 0.407 e. The average Bonchev–Trinajstić information content (AvgIpc) is 2.36. The van der Waals surface area contributed by atoms with Gasteiger partial charge in [0.05, 0.1) is 25.7 Å². The first kappa shape index (κ1) is 18.2. The van der Waals surface area contributed by atoms with Crippen LogP contribution < -0.4 is 5.32 Å². The number of hydrogen-bond donors (Lipinski definition) is 2. The summed E-state index contributed by atoms with van der Waals surface area (Å²) in [7, 11) is 0. The molecule has 22 heavy (non-hydrogen) atoms. The number of ether oxygens (including phenoxy) is 2. The van der Waals surface area contributed by atoms with Crippen molar-refractivity contribution in [2.45, 2.75) is 45.3 Å². The second-order valence-corrected chi connectivity index (χ2v) is 6.14. The Bertz CT molecular complexity index is 412. The SMILES string of the molecule is CC(C)(C)OC(=O)N[C@@H](CC(=O)O)CC(=O)N1CCOCC1. The topological polar surface area (TPSA) is 105 Å². The summed E-state index contributed by atoms with van der Waals surface area (Å²) in [4.78, 5) is 36.4. The molecule has 0 aromatic carbocycles. The van der Waals surface area contributed by atoms with Crippen molar-refractivity contribution in [2.24, 2.45) is 0 Å². The maximum atomic E-state index is 12.1. The summed E-state index contributed by atoms with van der Waals surface area (Å²) in [6.07, 6.45) is -1.14. The highest BCUT2D eigenvalue weighted by atomic mass is 16.6. The Labute approximate surface area is 129 Å². The van der Waals surface area contributed by atoms with E-state index in [1.54, 1.807) is 25.7 Å². The second kappa shape index (κ2) is 7.98. The molecule has 0 aliphatic carbocycles. The van der Waals surface area contributed by atoms with E-state index in [2.05, 4.69) is 5.32 Å². The molecule has 1 atom stereocenters. The quantitative estimate of drug-likeness (QED) is 0.769. The van der Waals surface area contributed by atoms with Gasteiger partial charge in [0.15, 0.2) is 0 Å². The number of nitrogens with zero attached hydrogens (tertiary/aromatic N) is 1. The molecule has 1 aliphatic rings. The number of alkyl carbamates (subject to hydrolysis) is 1. The summed E-state index contributed by atoms with van der Waals surface area (Å²) >= 11 is 0. The Morgan fingerprint density at radius 3 is 2.32 bits per heavy atom. The molecular formula is C14H24N2O6. The van der Waals surface area contributed by atoms with E-state index in [0.717, 1.165) is 0 Å². The number of nitrogens with one attached hydrogen (secondary N) is 1. The van der Waals surface area contributed by atoms with Gasteiger partial charge in [-0.25, -0.2) is 4.79 Å². The minimum absolute atomic E-state index is 0.0778. The summed E-state index contributed by atoms with van der Waals surface area (Å²) in [5, 5.41) is 11.4. The molecule has 126 valence electrons. The molecule has 0 aromatic heterocycles. The van der Waals surface area contributed by atoms with Gasteiger partial charge < -0.3 is 24.8 Å². The highest BCUT2D eigenvalue weighted by Crippen LogP contribution is 2.10. The third-order valence-electron chi connectivity index (χ3n) is 2.93. The monoisotopic (exact) mass is 316 g/mol. The summed E-state index contributed by atoms with van der Waals surface area (Å²) in [6.45, 7) is 7.01. The van der Waals surface area contributed by atoms with Gasteiger partial charge >= 0.3 is 12.1 Å². The van der Waals surface area contributed by atoms with E-state index >= 15 is 0 Å². The van der Waals surface area contributed by atoms with Crippen molar-refractivity contribution in [2.75, 3.05) is 26.3 Å². The third-order valence-corrected chi connectivity index (χ3v) is 2.93. The number of rotatable bonds is 5. The van der Waals surface area contributed by atoms with E-state index in [0.29, 0.717) is 26.3 Å². The van der Waals surface area contributed by atoms with Crippen LogP contribution >= 0.6 is 0 Å². The Morgan fingerprint density at radius 2 is 1.82 bits per heavy atom. The number of carboxylic acid groups (broad SMARTS) is 1. The Morgan fingerprint density at radius 1 is 1.23 bits per heavy atom. The van der Waals surface area contributed by atoms with E-state index in [9.17, 15) is 14.4 Å². The van der Waals surface area contributed by atoms with Crippen molar-refractivity contribution in [1.29, 1.82) is 0 Å². The first-order chi connectivity index (χ1) is 10.2. The largest absolute Gasteiger partial charge is 0.481 e. The van der Waals surface area contributed by atoms with Crippen LogP contribution in [0.5, 0.6) is 0 Å². The summed E-state index contributed by atoms with van der Waals surface area (Å²) in [5.74, 6) is -1.29. The molecule has 2 amide bonds. The van der Waals surface area contributed by atoms with Crippen molar-refractivity contribution in [3.63, 3.8) is 0 Å². The Balaban J connectivity index is 2.57. The van der Waals surface area contributed by atoms with Crippen LogP contribution in [0.4, 0.5) is 4.79 Å². The molecule has 8 heteroatoms. The Kier molecular flexibility index (Phi) is 6.61. The minimum atomic E-state index is -1.09. The Hall–Kier alpha value is -1.83. The van der Waals surface area contributed by atoms with Gasteiger partial charge in [-0.05, 0) is 20.8 Å². The molecule has 1 heterocycles. The molecule has 0 aromatic rings. The maximum Gasteiger partial charge on any atom is 0.407 e. The number of carboxylic acids is 1. The van der Waals surface area contributed by atoms with Crippen molar-refractivity contribution < 1.29 is 29.0 Å². The van der Waals surface area contributed by atoms with Crippen LogP contribution in [0.3, 0.4) is 0 Å². The lowest BCUT2D eigenvalue weighted by Gasteiger charge is -2.29. The lowest BCUT2D eigenvalue weighted by molar-refractivity contribution is -0.138. The highest BCUT2D eigenvalue weighted by Gasteiger charge is 2.26. The summed E-state index contributed by atoms with van der Waals surface area (Å²) in [5.41, 5.74) is -0.688. The van der Waals surface area contributed by atoms with Gasteiger partial charge in [0.2, 0.25) is 5.91 Å². The predicted octanol–water partition coefficient (Wildman–Crippen LogP) is 0.603. The number of aliphatic carboxylic acids is 1. The van der Waals surface area contributed by atoms with Crippen LogP contribution in [-0.4, -0.2) is 65.9 Å². The van der Waals surface area contributed by atoms with Crippen LogP contribution in [0.2, 0.25) is 0 Å². The van der Waals surface area contributed by atoms with Crippen LogP contribution in [0.1, 0.15) is 33.6 Å². The van der Waals surface area contributed by atoms with Gasteiger partial charge in [0.25, 0.3) is 0 Å². The lowest BCUT2D eigenvalue weighted by Crippen LogP contribution is -2.46. The van der Waals surface area contributed by atoms with Crippen molar-refractivity contribution in [1.82, 2.24) is 10.2 Å². The number of carbonyl (C=O) groups is 3. The van der Waals surface area contributed by atoms with E-state index in [4.69, 9.17) is 14.6 Å². The van der Waals surface area contributed by atoms with E-state index in [1.807, 2.05) is 0 Å². The molecule has 1 rings (SSSR count). The van der Waals surface area contributed by atoms with Crippen LogP contribution in [0, 0.1) is 0 Å². The van der Waals surface area contributed by atoms with Crippen molar-refractivity contribution >= 4 is 18.0 Å². The molecule has 1 saturated heterocycles. The molecule has 1 aliphatic heterocycles. The van der Waals surface area contributed by atoms with Gasteiger partial charge in [0, 0.05) is 19.5 Å². The lowest BCUT2D eigenvalue weighted by atomic mass is 10.1. The third kappa shape index (κ3) is 7.26. The highest BCUT2D eigenvalue weighted by molar-refractivity contribution is 5.79. The fraction of sp³-hybridized carbons (Fsp3) is 0.786. The first-order valence-corrected chi connectivity index (χ1v) is 7.24. The number of hydrogen-bond acceptors (Lipinski definition) is 5. The van der Waals surface area contributed by atoms with Gasteiger partial charge in [-0.2, -0.15) is 0 Å². The van der Waals surface area contributed by atoms with Crippen LogP contribution in [0.25, 0.3) is 0 Å². The zero-order chi connectivity index (χ0) is 16.8. The molecule has 8 nitrogen and oxygen atoms in total.